The molecule has 0 saturated carbocycles. The summed E-state index contributed by atoms with van der Waals surface area (Å²) in [6, 6.07) is 9.39. The van der Waals surface area contributed by atoms with Crippen molar-refractivity contribution in [1.29, 1.82) is 0 Å². The highest BCUT2D eigenvalue weighted by Crippen LogP contribution is 2.35. The van der Waals surface area contributed by atoms with Crippen LogP contribution in [0, 0.1) is 6.92 Å². The van der Waals surface area contributed by atoms with E-state index in [9.17, 15) is 14.4 Å². The Morgan fingerprint density at radius 3 is 2.23 bits per heavy atom. The first-order valence-corrected chi connectivity index (χ1v) is 8.92. The summed E-state index contributed by atoms with van der Waals surface area (Å²) in [6.45, 7) is 3.54. The number of ether oxygens (including phenoxy) is 2. The summed E-state index contributed by atoms with van der Waals surface area (Å²) in [5, 5.41) is 3.07. The largest absolute Gasteiger partial charge is 0.465 e. The van der Waals surface area contributed by atoms with Crippen molar-refractivity contribution in [1.82, 2.24) is 0 Å². The highest BCUT2D eigenvalue weighted by molar-refractivity contribution is 7.18. The second-order valence-electron chi connectivity index (χ2n) is 5.60. The molecule has 1 heterocycles. The summed E-state index contributed by atoms with van der Waals surface area (Å²) in [5.41, 5.74) is 1.49. The normalized spacial score (nSPS) is 11.5. The number of hydrogen-bond acceptors (Lipinski definition) is 6. The van der Waals surface area contributed by atoms with Crippen molar-refractivity contribution in [2.75, 3.05) is 19.5 Å². The third-order valence-corrected chi connectivity index (χ3v) is 5.26. The summed E-state index contributed by atoms with van der Waals surface area (Å²) >= 11 is 1.01. The molecule has 0 spiro atoms. The fourth-order valence-electron chi connectivity index (χ4n) is 2.69. The minimum atomic E-state index is -0.614. The number of thiophene rings is 1. The summed E-state index contributed by atoms with van der Waals surface area (Å²) < 4.78 is 9.55. The Balaban J connectivity index is 2.39. The van der Waals surface area contributed by atoms with Gasteiger partial charge in [0, 0.05) is 0 Å². The number of carbonyl (C=O) groups excluding carboxylic acids is 3. The number of amides is 1. The van der Waals surface area contributed by atoms with E-state index in [4.69, 9.17) is 9.47 Å². The van der Waals surface area contributed by atoms with Crippen molar-refractivity contribution in [3.63, 3.8) is 0 Å². The van der Waals surface area contributed by atoms with Crippen LogP contribution in [0.25, 0.3) is 0 Å². The molecule has 0 radical (unpaired) electrons. The van der Waals surface area contributed by atoms with Gasteiger partial charge in [0.25, 0.3) is 0 Å². The molecule has 2 aromatic rings. The van der Waals surface area contributed by atoms with E-state index in [0.29, 0.717) is 12.0 Å². The lowest BCUT2D eigenvalue weighted by atomic mass is 9.95. The van der Waals surface area contributed by atoms with Gasteiger partial charge >= 0.3 is 11.9 Å². The summed E-state index contributed by atoms with van der Waals surface area (Å²) in [4.78, 5) is 37.1. The molecule has 6 nitrogen and oxygen atoms in total. The van der Waals surface area contributed by atoms with Crippen LogP contribution in [-0.2, 0) is 14.3 Å². The Kier molecular flexibility index (Phi) is 6.52. The van der Waals surface area contributed by atoms with Crippen LogP contribution < -0.4 is 5.32 Å². The second kappa shape index (κ2) is 8.62. The molecule has 0 saturated heterocycles. The Bertz CT molecular complexity index is 813. The van der Waals surface area contributed by atoms with Gasteiger partial charge in [-0.05, 0) is 24.5 Å². The lowest BCUT2D eigenvalue weighted by Crippen LogP contribution is -2.21. The van der Waals surface area contributed by atoms with Crippen molar-refractivity contribution < 1.29 is 23.9 Å². The lowest BCUT2D eigenvalue weighted by molar-refractivity contribution is -0.117. The Morgan fingerprint density at radius 2 is 1.69 bits per heavy atom. The van der Waals surface area contributed by atoms with Crippen LogP contribution in [-0.4, -0.2) is 32.1 Å². The van der Waals surface area contributed by atoms with Gasteiger partial charge in [0.15, 0.2) is 0 Å². The summed E-state index contributed by atoms with van der Waals surface area (Å²) in [5.74, 6) is -1.79. The molecule has 2 rings (SSSR count). The maximum absolute atomic E-state index is 12.8. The number of hydrogen-bond donors (Lipinski definition) is 1. The van der Waals surface area contributed by atoms with Crippen LogP contribution in [0.15, 0.2) is 30.3 Å². The molecule has 0 bridgehead atoms. The molecular formula is C19H21NO5S. The van der Waals surface area contributed by atoms with Gasteiger partial charge in [-0.15, -0.1) is 11.3 Å². The van der Waals surface area contributed by atoms with Crippen molar-refractivity contribution in [3.05, 3.63) is 51.9 Å². The standard InChI is InChI=1S/C19H21NO5S/c1-5-13(12-9-7-6-8-10-12)16(21)20-17-14(18(22)24-3)11(2)15(26-17)19(23)25-4/h6-10,13H,5H2,1-4H3,(H,20,21)/t13-/m1/s1. The van der Waals surface area contributed by atoms with Gasteiger partial charge in [0.05, 0.1) is 25.7 Å². The number of carbonyl (C=O) groups is 3. The van der Waals surface area contributed by atoms with Crippen LogP contribution in [0.5, 0.6) is 0 Å². The lowest BCUT2D eigenvalue weighted by Gasteiger charge is -2.15. The fraction of sp³-hybridized carbons (Fsp3) is 0.316. The van der Waals surface area contributed by atoms with Crippen LogP contribution in [0.2, 0.25) is 0 Å². The zero-order valence-corrected chi connectivity index (χ0v) is 15.9. The quantitative estimate of drug-likeness (QED) is 0.778. The van der Waals surface area contributed by atoms with Crippen molar-refractivity contribution in [3.8, 4) is 0 Å². The third kappa shape index (κ3) is 3.94. The number of esters is 2. The molecule has 138 valence electrons. The smallest absolute Gasteiger partial charge is 0.348 e. The van der Waals surface area contributed by atoms with E-state index in [-0.39, 0.29) is 27.3 Å². The van der Waals surface area contributed by atoms with E-state index in [0.717, 1.165) is 16.9 Å². The monoisotopic (exact) mass is 375 g/mol. The molecule has 1 amide bonds. The average molecular weight is 375 g/mol. The molecule has 0 unspecified atom stereocenters. The minimum Gasteiger partial charge on any atom is -0.465 e. The van der Waals surface area contributed by atoms with Crippen LogP contribution >= 0.6 is 11.3 Å². The predicted octanol–water partition coefficient (Wildman–Crippen LogP) is 3.76. The van der Waals surface area contributed by atoms with Gasteiger partial charge in [-0.1, -0.05) is 37.3 Å². The third-order valence-electron chi connectivity index (χ3n) is 4.07. The van der Waals surface area contributed by atoms with E-state index in [1.165, 1.54) is 14.2 Å². The molecule has 1 aromatic heterocycles. The van der Waals surface area contributed by atoms with Crippen LogP contribution in [0.4, 0.5) is 5.00 Å². The topological polar surface area (TPSA) is 81.7 Å². The predicted molar refractivity (Wildman–Crippen MR) is 99.8 cm³/mol. The summed E-state index contributed by atoms with van der Waals surface area (Å²) in [6.07, 6.45) is 0.595. The van der Waals surface area contributed by atoms with E-state index in [1.54, 1.807) is 6.92 Å². The van der Waals surface area contributed by atoms with E-state index in [1.807, 2.05) is 37.3 Å². The fourth-order valence-corrected chi connectivity index (χ4v) is 3.81. The second-order valence-corrected chi connectivity index (χ2v) is 6.62. The maximum Gasteiger partial charge on any atom is 0.348 e. The Labute approximate surface area is 156 Å². The minimum absolute atomic E-state index is 0.175. The number of anilines is 1. The molecule has 0 aliphatic heterocycles. The van der Waals surface area contributed by atoms with Crippen LogP contribution in [0.1, 0.15) is 50.4 Å². The Hall–Kier alpha value is -2.67. The first-order valence-electron chi connectivity index (χ1n) is 8.10. The zero-order valence-electron chi connectivity index (χ0n) is 15.1. The zero-order chi connectivity index (χ0) is 19.3. The van der Waals surface area contributed by atoms with Crippen molar-refractivity contribution in [2.45, 2.75) is 26.2 Å². The SMILES string of the molecule is CC[C@@H](C(=O)Nc1sc(C(=O)OC)c(C)c1C(=O)OC)c1ccccc1. The number of rotatable bonds is 6. The molecule has 0 fully saturated rings. The molecular weight excluding hydrogens is 354 g/mol. The molecule has 1 atom stereocenters. The van der Waals surface area contributed by atoms with E-state index >= 15 is 0 Å². The van der Waals surface area contributed by atoms with Gasteiger partial charge < -0.3 is 14.8 Å². The van der Waals surface area contributed by atoms with Gasteiger partial charge in [-0.3, -0.25) is 4.79 Å². The van der Waals surface area contributed by atoms with Crippen molar-refractivity contribution >= 4 is 34.2 Å². The summed E-state index contributed by atoms with van der Waals surface area (Å²) in [7, 11) is 2.52. The number of nitrogens with one attached hydrogen (secondary N) is 1. The van der Waals surface area contributed by atoms with E-state index < -0.39 is 11.9 Å². The molecule has 0 aliphatic carbocycles. The highest BCUT2D eigenvalue weighted by atomic mass is 32.1. The van der Waals surface area contributed by atoms with Gasteiger partial charge in [-0.2, -0.15) is 0 Å². The number of methoxy groups -OCH3 is 2. The molecule has 1 N–H and O–H groups in total. The maximum atomic E-state index is 12.8. The molecule has 7 heteroatoms. The van der Waals surface area contributed by atoms with Crippen LogP contribution in [0.3, 0.4) is 0 Å². The average Bonchev–Trinajstić information content (AvgIpc) is 2.97. The van der Waals surface area contributed by atoms with E-state index in [2.05, 4.69) is 5.32 Å². The Morgan fingerprint density at radius 1 is 1.08 bits per heavy atom. The van der Waals surface area contributed by atoms with Gasteiger partial charge in [0.1, 0.15) is 9.88 Å². The highest BCUT2D eigenvalue weighted by Gasteiger charge is 2.28. The molecule has 1 aromatic carbocycles. The van der Waals surface area contributed by atoms with Gasteiger partial charge in [-0.25, -0.2) is 9.59 Å². The molecule has 26 heavy (non-hydrogen) atoms. The molecule has 0 aliphatic rings. The van der Waals surface area contributed by atoms with Gasteiger partial charge in [0.2, 0.25) is 5.91 Å². The number of benzene rings is 1. The first-order chi connectivity index (χ1) is 12.4. The first kappa shape index (κ1) is 19.7. The van der Waals surface area contributed by atoms with Crippen molar-refractivity contribution in [2.24, 2.45) is 0 Å².